The van der Waals surface area contributed by atoms with E-state index in [2.05, 4.69) is 22.1 Å². The lowest BCUT2D eigenvalue weighted by molar-refractivity contribution is 0.239. The summed E-state index contributed by atoms with van der Waals surface area (Å²) in [7, 11) is 0. The number of hydrogen-bond acceptors (Lipinski definition) is 4. The molecule has 104 valence electrons. The Morgan fingerprint density at radius 2 is 2.00 bits per heavy atom. The molecule has 4 heteroatoms. The van der Waals surface area contributed by atoms with Gasteiger partial charge in [-0.2, -0.15) is 0 Å². The van der Waals surface area contributed by atoms with E-state index >= 15 is 0 Å². The average molecular weight is 260 g/mol. The average Bonchev–Trinajstić information content (AvgIpc) is 2.43. The maximum absolute atomic E-state index is 4.78. The lowest BCUT2D eigenvalue weighted by Gasteiger charge is -2.50. The van der Waals surface area contributed by atoms with Crippen molar-refractivity contribution < 1.29 is 0 Å². The van der Waals surface area contributed by atoms with Crippen LogP contribution in [0.2, 0.25) is 0 Å². The number of anilines is 1. The van der Waals surface area contributed by atoms with Crippen molar-refractivity contribution in [1.29, 1.82) is 0 Å². The van der Waals surface area contributed by atoms with E-state index < -0.39 is 0 Å². The Morgan fingerprint density at radius 1 is 1.21 bits per heavy atom. The quantitative estimate of drug-likeness (QED) is 0.840. The molecule has 1 aliphatic heterocycles. The molecule has 1 aliphatic carbocycles. The van der Waals surface area contributed by atoms with E-state index in [0.717, 1.165) is 36.8 Å². The summed E-state index contributed by atoms with van der Waals surface area (Å²) in [5.41, 5.74) is 2.37. The van der Waals surface area contributed by atoms with Crippen molar-refractivity contribution in [3.63, 3.8) is 0 Å². The third-order valence-electron chi connectivity index (χ3n) is 4.63. The second-order valence-electron chi connectivity index (χ2n) is 6.03. The van der Waals surface area contributed by atoms with Crippen LogP contribution in [-0.4, -0.2) is 35.1 Å². The van der Waals surface area contributed by atoms with E-state index in [0.29, 0.717) is 0 Å². The molecular formula is C15H24N4. The van der Waals surface area contributed by atoms with Crippen LogP contribution in [0.1, 0.15) is 43.5 Å². The minimum atomic E-state index is 0.281. The van der Waals surface area contributed by atoms with E-state index in [-0.39, 0.29) is 5.54 Å². The molecule has 1 N–H and O–H groups in total. The van der Waals surface area contributed by atoms with Crippen LogP contribution < -0.4 is 10.2 Å². The van der Waals surface area contributed by atoms with Crippen molar-refractivity contribution in [3.8, 4) is 0 Å². The number of aromatic nitrogens is 2. The van der Waals surface area contributed by atoms with Gasteiger partial charge in [-0.15, -0.1) is 0 Å². The van der Waals surface area contributed by atoms with Gasteiger partial charge in [0.15, 0.2) is 5.82 Å². The zero-order valence-corrected chi connectivity index (χ0v) is 12.1. The number of piperazine rings is 1. The van der Waals surface area contributed by atoms with E-state index in [1.807, 2.05) is 13.1 Å². The number of nitrogens with zero attached hydrogens (tertiary/aromatic N) is 3. The van der Waals surface area contributed by atoms with E-state index in [1.165, 1.54) is 32.1 Å². The lowest BCUT2D eigenvalue weighted by Crippen LogP contribution is -2.62. The molecule has 1 saturated heterocycles. The summed E-state index contributed by atoms with van der Waals surface area (Å²) in [4.78, 5) is 11.8. The van der Waals surface area contributed by atoms with Gasteiger partial charge >= 0.3 is 0 Å². The van der Waals surface area contributed by atoms with Gasteiger partial charge in [-0.3, -0.25) is 4.98 Å². The second kappa shape index (κ2) is 5.08. The molecular weight excluding hydrogens is 236 g/mol. The number of rotatable bonds is 1. The molecule has 0 bridgehead atoms. The highest BCUT2D eigenvalue weighted by Gasteiger charge is 2.41. The van der Waals surface area contributed by atoms with Gasteiger partial charge in [-0.25, -0.2) is 4.98 Å². The molecule has 2 aliphatic rings. The monoisotopic (exact) mass is 260 g/mol. The maximum Gasteiger partial charge on any atom is 0.150 e. The Labute approximate surface area is 115 Å². The zero-order chi connectivity index (χ0) is 13.3. The van der Waals surface area contributed by atoms with Crippen LogP contribution >= 0.6 is 0 Å². The normalized spacial score (nSPS) is 22.7. The van der Waals surface area contributed by atoms with Crippen molar-refractivity contribution in [1.82, 2.24) is 15.3 Å². The highest BCUT2D eigenvalue weighted by atomic mass is 15.3. The van der Waals surface area contributed by atoms with Crippen LogP contribution in [-0.2, 0) is 0 Å². The molecule has 0 atom stereocenters. The molecule has 0 aromatic carbocycles. The summed E-state index contributed by atoms with van der Waals surface area (Å²) in [5, 5.41) is 3.59. The summed E-state index contributed by atoms with van der Waals surface area (Å²) in [6.07, 6.45) is 8.51. The van der Waals surface area contributed by atoms with Crippen LogP contribution in [0.25, 0.3) is 0 Å². The molecule has 2 fully saturated rings. The van der Waals surface area contributed by atoms with Gasteiger partial charge in [-0.1, -0.05) is 19.3 Å². The largest absolute Gasteiger partial charge is 0.347 e. The van der Waals surface area contributed by atoms with Gasteiger partial charge in [0.05, 0.1) is 16.9 Å². The molecule has 2 heterocycles. The van der Waals surface area contributed by atoms with Gasteiger partial charge in [0.2, 0.25) is 0 Å². The predicted molar refractivity (Wildman–Crippen MR) is 77.5 cm³/mol. The predicted octanol–water partition coefficient (Wildman–Crippen LogP) is 2.21. The Hall–Kier alpha value is -1.16. The number of aryl methyl sites for hydroxylation is 2. The highest BCUT2D eigenvalue weighted by Crippen LogP contribution is 2.37. The van der Waals surface area contributed by atoms with Crippen molar-refractivity contribution >= 4 is 5.82 Å². The topological polar surface area (TPSA) is 41.1 Å². The van der Waals surface area contributed by atoms with Gasteiger partial charge in [0.25, 0.3) is 0 Å². The Bertz CT molecular complexity index is 443. The van der Waals surface area contributed by atoms with Crippen LogP contribution in [0.4, 0.5) is 5.82 Å². The van der Waals surface area contributed by atoms with E-state index in [9.17, 15) is 0 Å². The Morgan fingerprint density at radius 3 is 2.79 bits per heavy atom. The molecule has 1 spiro atoms. The van der Waals surface area contributed by atoms with E-state index in [1.54, 1.807) is 0 Å². The fourth-order valence-electron chi connectivity index (χ4n) is 3.61. The van der Waals surface area contributed by atoms with Gasteiger partial charge in [0.1, 0.15) is 0 Å². The van der Waals surface area contributed by atoms with Crippen LogP contribution in [0.5, 0.6) is 0 Å². The van der Waals surface area contributed by atoms with Crippen molar-refractivity contribution in [2.24, 2.45) is 0 Å². The summed E-state index contributed by atoms with van der Waals surface area (Å²) in [5.74, 6) is 1.11. The molecule has 1 saturated carbocycles. The van der Waals surface area contributed by atoms with Gasteiger partial charge in [-0.05, 0) is 26.7 Å². The van der Waals surface area contributed by atoms with Gasteiger partial charge < -0.3 is 10.2 Å². The summed E-state index contributed by atoms with van der Waals surface area (Å²) >= 11 is 0. The first kappa shape index (κ1) is 12.9. The molecule has 0 unspecified atom stereocenters. The summed E-state index contributed by atoms with van der Waals surface area (Å²) in [6.45, 7) is 7.32. The first-order valence-corrected chi connectivity index (χ1v) is 7.50. The SMILES string of the molecule is Cc1cnc(C)c(N2CCNCC23CCCCC3)n1. The fourth-order valence-corrected chi connectivity index (χ4v) is 3.61. The Kier molecular flexibility index (Phi) is 3.44. The van der Waals surface area contributed by atoms with Crippen LogP contribution in [0.15, 0.2) is 6.20 Å². The van der Waals surface area contributed by atoms with Crippen molar-refractivity contribution in [2.45, 2.75) is 51.5 Å². The number of hydrogen-bond donors (Lipinski definition) is 1. The molecule has 0 amide bonds. The number of nitrogens with one attached hydrogen (secondary N) is 1. The molecule has 19 heavy (non-hydrogen) atoms. The minimum Gasteiger partial charge on any atom is -0.347 e. The molecule has 4 nitrogen and oxygen atoms in total. The molecule has 1 aromatic heterocycles. The summed E-state index contributed by atoms with van der Waals surface area (Å²) < 4.78 is 0. The third-order valence-corrected chi connectivity index (χ3v) is 4.63. The molecule has 3 rings (SSSR count). The van der Waals surface area contributed by atoms with Crippen molar-refractivity contribution in [3.05, 3.63) is 17.6 Å². The second-order valence-corrected chi connectivity index (χ2v) is 6.03. The smallest absolute Gasteiger partial charge is 0.150 e. The fraction of sp³-hybridized carbons (Fsp3) is 0.733. The molecule has 1 aromatic rings. The standard InChI is InChI=1S/C15H24N4/c1-12-10-17-13(2)14(18-12)19-9-8-16-11-15(19)6-4-3-5-7-15/h10,16H,3-9,11H2,1-2H3. The van der Waals surface area contributed by atoms with Crippen LogP contribution in [0, 0.1) is 13.8 Å². The van der Waals surface area contributed by atoms with Crippen molar-refractivity contribution in [2.75, 3.05) is 24.5 Å². The maximum atomic E-state index is 4.78. The Balaban J connectivity index is 1.97. The van der Waals surface area contributed by atoms with Gasteiger partial charge in [0, 0.05) is 25.8 Å². The van der Waals surface area contributed by atoms with E-state index in [4.69, 9.17) is 4.98 Å². The summed E-state index contributed by atoms with van der Waals surface area (Å²) in [6, 6.07) is 0. The molecule has 0 radical (unpaired) electrons. The lowest BCUT2D eigenvalue weighted by atomic mass is 9.79. The third kappa shape index (κ3) is 2.34. The zero-order valence-electron chi connectivity index (χ0n) is 12.1. The highest BCUT2D eigenvalue weighted by molar-refractivity contribution is 5.47. The first-order valence-electron chi connectivity index (χ1n) is 7.50. The first-order chi connectivity index (χ1) is 9.21. The van der Waals surface area contributed by atoms with Crippen LogP contribution in [0.3, 0.4) is 0 Å². The minimum absolute atomic E-state index is 0.281.